The topological polar surface area (TPSA) is 76.7 Å². The number of carbonyl (C=O) groups is 2. The Kier molecular flexibility index (Phi) is 7.49. The second kappa shape index (κ2) is 10.1. The molecule has 2 N–H and O–H groups in total. The minimum atomic E-state index is -0.452. The van der Waals surface area contributed by atoms with E-state index in [4.69, 9.17) is 9.47 Å². The maximum Gasteiger partial charge on any atom is 0.273 e. The van der Waals surface area contributed by atoms with E-state index in [9.17, 15) is 9.59 Å². The van der Waals surface area contributed by atoms with Gasteiger partial charge in [-0.25, -0.2) is 0 Å². The normalized spacial score (nSPS) is 10.1. The average molecular weight is 356 g/mol. The number of nitrogens with one attached hydrogen (secondary N) is 2. The van der Waals surface area contributed by atoms with Gasteiger partial charge >= 0.3 is 0 Å². The molecule has 0 aliphatic carbocycles. The monoisotopic (exact) mass is 356 g/mol. The number of unbranched alkanes of at least 4 members (excludes halogenated alkanes) is 2. The molecule has 6 heteroatoms. The number of rotatable bonds is 8. The van der Waals surface area contributed by atoms with E-state index in [1.54, 1.807) is 48.5 Å². The average Bonchev–Trinajstić information content (AvgIpc) is 2.69. The molecular weight excluding hydrogens is 332 g/mol. The highest BCUT2D eigenvalue weighted by molar-refractivity contribution is 6.00. The quantitative estimate of drug-likeness (QED) is 0.562. The van der Waals surface area contributed by atoms with Crippen LogP contribution >= 0.6 is 0 Å². The van der Waals surface area contributed by atoms with Crippen LogP contribution < -0.4 is 20.3 Å². The van der Waals surface area contributed by atoms with Crippen molar-refractivity contribution in [1.82, 2.24) is 10.9 Å². The number of methoxy groups -OCH3 is 1. The fourth-order valence-electron chi connectivity index (χ4n) is 2.33. The first-order valence-electron chi connectivity index (χ1n) is 8.62. The molecular formula is C20H24N2O4. The molecule has 2 amide bonds. The maximum atomic E-state index is 12.2. The van der Waals surface area contributed by atoms with Crippen molar-refractivity contribution in [1.29, 1.82) is 0 Å². The molecule has 0 heterocycles. The van der Waals surface area contributed by atoms with E-state index in [0.717, 1.165) is 25.0 Å². The minimum Gasteiger partial charge on any atom is -0.496 e. The summed E-state index contributed by atoms with van der Waals surface area (Å²) in [7, 11) is 1.48. The van der Waals surface area contributed by atoms with Crippen LogP contribution in [0.4, 0.5) is 0 Å². The summed E-state index contributed by atoms with van der Waals surface area (Å²) >= 11 is 0. The Balaban J connectivity index is 1.86. The highest BCUT2D eigenvalue weighted by atomic mass is 16.5. The van der Waals surface area contributed by atoms with Gasteiger partial charge in [0.1, 0.15) is 11.5 Å². The van der Waals surface area contributed by atoms with Gasteiger partial charge in [0.2, 0.25) is 0 Å². The van der Waals surface area contributed by atoms with E-state index in [1.807, 2.05) is 0 Å². The van der Waals surface area contributed by atoms with Crippen molar-refractivity contribution in [3.8, 4) is 11.5 Å². The van der Waals surface area contributed by atoms with Crippen molar-refractivity contribution < 1.29 is 19.1 Å². The zero-order chi connectivity index (χ0) is 18.8. The van der Waals surface area contributed by atoms with Crippen LogP contribution in [0, 0.1) is 0 Å². The third-order valence-electron chi connectivity index (χ3n) is 3.77. The van der Waals surface area contributed by atoms with E-state index >= 15 is 0 Å². The van der Waals surface area contributed by atoms with Crippen molar-refractivity contribution in [3.63, 3.8) is 0 Å². The summed E-state index contributed by atoms with van der Waals surface area (Å²) in [6, 6.07) is 13.6. The molecule has 6 nitrogen and oxygen atoms in total. The van der Waals surface area contributed by atoms with Gasteiger partial charge in [-0.1, -0.05) is 31.9 Å². The largest absolute Gasteiger partial charge is 0.496 e. The zero-order valence-electron chi connectivity index (χ0n) is 15.1. The van der Waals surface area contributed by atoms with Gasteiger partial charge in [0.25, 0.3) is 11.8 Å². The van der Waals surface area contributed by atoms with Crippen LogP contribution in [0.1, 0.15) is 46.9 Å². The molecule has 2 aromatic carbocycles. The molecule has 0 saturated heterocycles. The van der Waals surface area contributed by atoms with Crippen molar-refractivity contribution in [3.05, 3.63) is 59.7 Å². The number of benzene rings is 2. The number of carbonyl (C=O) groups excluding carboxylic acids is 2. The van der Waals surface area contributed by atoms with Crippen molar-refractivity contribution in [2.24, 2.45) is 0 Å². The summed E-state index contributed by atoms with van der Waals surface area (Å²) < 4.78 is 10.7. The number of ether oxygens (including phenoxy) is 2. The molecule has 0 aliphatic heterocycles. The van der Waals surface area contributed by atoms with Gasteiger partial charge in [-0.15, -0.1) is 0 Å². The molecule has 0 spiro atoms. The van der Waals surface area contributed by atoms with Crippen LogP contribution in [0.15, 0.2) is 48.5 Å². The van der Waals surface area contributed by atoms with Crippen LogP contribution in [0.3, 0.4) is 0 Å². The predicted molar refractivity (Wildman–Crippen MR) is 99.4 cm³/mol. The molecule has 0 fully saturated rings. The summed E-state index contributed by atoms with van der Waals surface area (Å²) in [5, 5.41) is 0. The first kappa shape index (κ1) is 19.3. The van der Waals surface area contributed by atoms with Crippen LogP contribution in [-0.2, 0) is 0 Å². The Bertz CT molecular complexity index is 729. The summed E-state index contributed by atoms with van der Waals surface area (Å²) in [5.41, 5.74) is 5.54. The zero-order valence-corrected chi connectivity index (χ0v) is 15.1. The second-order valence-electron chi connectivity index (χ2n) is 5.69. The molecule has 0 radical (unpaired) electrons. The maximum absolute atomic E-state index is 12.2. The van der Waals surface area contributed by atoms with Crippen LogP contribution in [-0.4, -0.2) is 25.5 Å². The summed E-state index contributed by atoms with van der Waals surface area (Å²) in [5.74, 6) is 0.289. The molecule has 138 valence electrons. The number of hydrazine groups is 1. The highest BCUT2D eigenvalue weighted by Gasteiger charge is 2.13. The minimum absolute atomic E-state index is 0.339. The van der Waals surface area contributed by atoms with Crippen LogP contribution in [0.2, 0.25) is 0 Å². The lowest BCUT2D eigenvalue weighted by Crippen LogP contribution is -2.41. The fraction of sp³-hybridized carbons (Fsp3) is 0.300. The van der Waals surface area contributed by atoms with Gasteiger partial charge < -0.3 is 9.47 Å². The lowest BCUT2D eigenvalue weighted by molar-refractivity contribution is 0.0845. The van der Waals surface area contributed by atoms with E-state index in [1.165, 1.54) is 7.11 Å². The van der Waals surface area contributed by atoms with Gasteiger partial charge in [0.15, 0.2) is 0 Å². The summed E-state index contributed by atoms with van der Waals surface area (Å²) in [6.07, 6.45) is 3.28. The Morgan fingerprint density at radius 2 is 1.62 bits per heavy atom. The number of para-hydroxylation sites is 1. The number of hydrogen-bond acceptors (Lipinski definition) is 4. The summed E-state index contributed by atoms with van der Waals surface area (Å²) in [4.78, 5) is 24.3. The summed E-state index contributed by atoms with van der Waals surface area (Å²) in [6.45, 7) is 2.80. The number of hydrogen-bond donors (Lipinski definition) is 2. The highest BCUT2D eigenvalue weighted by Crippen LogP contribution is 2.16. The number of amides is 2. The molecule has 2 rings (SSSR count). The van der Waals surface area contributed by atoms with E-state index in [0.29, 0.717) is 23.5 Å². The lowest BCUT2D eigenvalue weighted by atomic mass is 10.2. The Hall–Kier alpha value is -3.02. The molecule has 2 aromatic rings. The SMILES string of the molecule is CCCCCOc1ccc(C(=O)NNC(=O)c2ccccc2OC)cc1. The van der Waals surface area contributed by atoms with E-state index in [2.05, 4.69) is 17.8 Å². The van der Waals surface area contributed by atoms with Crippen LogP contribution in [0.5, 0.6) is 11.5 Å². The molecule has 0 saturated carbocycles. The Labute approximate surface area is 153 Å². The van der Waals surface area contributed by atoms with E-state index < -0.39 is 11.8 Å². The molecule has 0 aliphatic rings. The van der Waals surface area contributed by atoms with Crippen molar-refractivity contribution >= 4 is 11.8 Å². The first-order chi connectivity index (χ1) is 12.7. The van der Waals surface area contributed by atoms with Gasteiger partial charge in [0, 0.05) is 5.56 Å². The Morgan fingerprint density at radius 3 is 2.31 bits per heavy atom. The molecule has 0 bridgehead atoms. The molecule has 0 unspecified atom stereocenters. The predicted octanol–water partition coefficient (Wildman–Crippen LogP) is 3.34. The van der Waals surface area contributed by atoms with E-state index in [-0.39, 0.29) is 0 Å². The van der Waals surface area contributed by atoms with Crippen molar-refractivity contribution in [2.75, 3.05) is 13.7 Å². The van der Waals surface area contributed by atoms with Crippen LogP contribution in [0.25, 0.3) is 0 Å². The Morgan fingerprint density at radius 1 is 0.923 bits per heavy atom. The standard InChI is InChI=1S/C20H24N2O4/c1-3-4-7-14-26-16-12-10-15(11-13-16)19(23)21-22-20(24)17-8-5-6-9-18(17)25-2/h5-6,8-13H,3-4,7,14H2,1-2H3,(H,21,23)(H,22,24). The van der Waals surface area contributed by atoms with Gasteiger partial charge in [0.05, 0.1) is 19.3 Å². The molecule has 0 aromatic heterocycles. The van der Waals surface area contributed by atoms with Crippen molar-refractivity contribution in [2.45, 2.75) is 26.2 Å². The van der Waals surface area contributed by atoms with Gasteiger partial charge in [-0.3, -0.25) is 20.4 Å². The van der Waals surface area contributed by atoms with Gasteiger partial charge in [-0.2, -0.15) is 0 Å². The lowest BCUT2D eigenvalue weighted by Gasteiger charge is -2.10. The third-order valence-corrected chi connectivity index (χ3v) is 3.77. The first-order valence-corrected chi connectivity index (χ1v) is 8.62. The molecule has 26 heavy (non-hydrogen) atoms. The smallest absolute Gasteiger partial charge is 0.273 e. The molecule has 0 atom stereocenters. The second-order valence-corrected chi connectivity index (χ2v) is 5.69. The third kappa shape index (κ3) is 5.51. The van der Waals surface area contributed by atoms with Gasteiger partial charge in [-0.05, 0) is 42.8 Å². The fourth-order valence-corrected chi connectivity index (χ4v) is 2.33.